The molecule has 0 saturated carbocycles. The van der Waals surface area contributed by atoms with Crippen LogP contribution in [0.1, 0.15) is 5.56 Å². The highest BCUT2D eigenvalue weighted by Crippen LogP contribution is 2.19. The van der Waals surface area contributed by atoms with Gasteiger partial charge < -0.3 is 14.9 Å². The Labute approximate surface area is 145 Å². The van der Waals surface area contributed by atoms with Gasteiger partial charge >= 0.3 is 11.9 Å². The van der Waals surface area contributed by atoms with Crippen LogP contribution in [0.25, 0.3) is 0 Å². The third kappa shape index (κ3) is 4.69. The highest BCUT2D eigenvalue weighted by molar-refractivity contribution is 9.10. The standard InChI is InChI=1S/C16H13BrFNO5/c17-11-3-1-10(2-4-11)9-19(18)15(21)14(16(22)23)24-13-7-5-12(20)6-8-13/h1-8,14,20H,9H2,(H,22,23). The lowest BCUT2D eigenvalue weighted by molar-refractivity contribution is -0.165. The van der Waals surface area contributed by atoms with E-state index < -0.39 is 24.5 Å². The number of aromatic hydroxyl groups is 1. The summed E-state index contributed by atoms with van der Waals surface area (Å²) < 4.78 is 19.9. The fourth-order valence-corrected chi connectivity index (χ4v) is 2.09. The van der Waals surface area contributed by atoms with Crippen molar-refractivity contribution in [2.45, 2.75) is 12.6 Å². The number of hydrogen-bond donors (Lipinski definition) is 2. The Morgan fingerprint density at radius 2 is 1.71 bits per heavy atom. The molecule has 0 bridgehead atoms. The van der Waals surface area contributed by atoms with Crippen LogP contribution in [0, 0.1) is 0 Å². The van der Waals surface area contributed by atoms with E-state index in [1.165, 1.54) is 24.3 Å². The van der Waals surface area contributed by atoms with Gasteiger partial charge in [0.05, 0.1) is 6.54 Å². The molecule has 0 aliphatic carbocycles. The number of rotatable bonds is 6. The first-order chi connectivity index (χ1) is 11.4. The number of halogens is 2. The second kappa shape index (κ2) is 7.78. The molecule has 2 rings (SSSR count). The quantitative estimate of drug-likeness (QED) is 0.577. The number of carbonyl (C=O) groups excluding carboxylic acids is 1. The van der Waals surface area contributed by atoms with Crippen molar-refractivity contribution in [3.05, 3.63) is 58.6 Å². The molecular formula is C16H13BrFNO5. The fraction of sp³-hybridized carbons (Fsp3) is 0.125. The van der Waals surface area contributed by atoms with E-state index in [1.807, 2.05) is 0 Å². The predicted octanol–water partition coefficient (Wildman–Crippen LogP) is 2.90. The van der Waals surface area contributed by atoms with Crippen molar-refractivity contribution in [3.8, 4) is 11.5 Å². The minimum absolute atomic E-state index is 0.0191. The topological polar surface area (TPSA) is 87.1 Å². The van der Waals surface area contributed by atoms with Crippen molar-refractivity contribution in [2.75, 3.05) is 0 Å². The maximum Gasteiger partial charge on any atom is 0.355 e. The van der Waals surface area contributed by atoms with E-state index in [0.29, 0.717) is 5.56 Å². The SMILES string of the molecule is O=C(O)C(Oc1ccc(O)cc1)C(=O)N(F)Cc1ccc(Br)cc1. The van der Waals surface area contributed by atoms with E-state index in [0.717, 1.165) is 4.47 Å². The van der Waals surface area contributed by atoms with Crippen molar-refractivity contribution in [3.63, 3.8) is 0 Å². The minimum atomic E-state index is -2.03. The van der Waals surface area contributed by atoms with Gasteiger partial charge in [0.15, 0.2) is 0 Å². The summed E-state index contributed by atoms with van der Waals surface area (Å²) in [7, 11) is 0. The summed E-state index contributed by atoms with van der Waals surface area (Å²) in [5.74, 6) is -2.99. The van der Waals surface area contributed by atoms with Gasteiger partial charge in [-0.25, -0.2) is 4.79 Å². The number of amides is 1. The molecule has 6 nitrogen and oxygen atoms in total. The van der Waals surface area contributed by atoms with Gasteiger partial charge in [-0.1, -0.05) is 32.5 Å². The Morgan fingerprint density at radius 1 is 1.12 bits per heavy atom. The van der Waals surface area contributed by atoms with Crippen molar-refractivity contribution in [2.24, 2.45) is 0 Å². The van der Waals surface area contributed by atoms with Crippen LogP contribution < -0.4 is 4.74 Å². The summed E-state index contributed by atoms with van der Waals surface area (Å²) >= 11 is 3.24. The molecule has 1 amide bonds. The van der Waals surface area contributed by atoms with Crippen LogP contribution in [0.15, 0.2) is 53.0 Å². The largest absolute Gasteiger partial charge is 0.508 e. The first-order valence-electron chi connectivity index (χ1n) is 6.77. The van der Waals surface area contributed by atoms with Crippen LogP contribution in [0.4, 0.5) is 4.48 Å². The number of aliphatic carboxylic acids is 1. The number of hydrogen-bond acceptors (Lipinski definition) is 4. The molecule has 0 aliphatic rings. The van der Waals surface area contributed by atoms with Crippen LogP contribution >= 0.6 is 15.9 Å². The molecule has 0 saturated heterocycles. The molecule has 0 heterocycles. The zero-order valence-electron chi connectivity index (χ0n) is 12.2. The maximum atomic E-state index is 14.0. The molecule has 2 aromatic rings. The molecule has 0 fully saturated rings. The second-order valence-corrected chi connectivity index (χ2v) is 5.73. The second-order valence-electron chi connectivity index (χ2n) is 4.81. The number of benzene rings is 2. The summed E-state index contributed by atoms with van der Waals surface area (Å²) in [6.07, 6.45) is -2.03. The number of carboxylic acid groups (broad SMARTS) is 1. The van der Waals surface area contributed by atoms with E-state index in [-0.39, 0.29) is 16.6 Å². The molecule has 1 atom stereocenters. The number of phenols is 1. The van der Waals surface area contributed by atoms with Crippen LogP contribution in [0.2, 0.25) is 0 Å². The van der Waals surface area contributed by atoms with E-state index in [1.54, 1.807) is 24.3 Å². The summed E-state index contributed by atoms with van der Waals surface area (Å²) in [5.41, 5.74) is 0.489. The summed E-state index contributed by atoms with van der Waals surface area (Å²) in [4.78, 5) is 23.2. The average Bonchev–Trinajstić information content (AvgIpc) is 2.55. The lowest BCUT2D eigenvalue weighted by atomic mass is 10.2. The lowest BCUT2D eigenvalue weighted by Crippen LogP contribution is -2.42. The average molecular weight is 398 g/mol. The third-order valence-corrected chi connectivity index (χ3v) is 3.54. The smallest absolute Gasteiger partial charge is 0.355 e. The molecule has 2 N–H and O–H groups in total. The summed E-state index contributed by atoms with van der Waals surface area (Å²) in [6, 6.07) is 11.6. The molecule has 0 spiro atoms. The molecule has 0 radical (unpaired) electrons. The highest BCUT2D eigenvalue weighted by Gasteiger charge is 2.33. The van der Waals surface area contributed by atoms with Crippen molar-refractivity contribution >= 4 is 27.8 Å². The molecule has 126 valence electrons. The van der Waals surface area contributed by atoms with Crippen LogP contribution in [0.5, 0.6) is 11.5 Å². The van der Waals surface area contributed by atoms with Crippen LogP contribution in [-0.4, -0.2) is 33.3 Å². The van der Waals surface area contributed by atoms with E-state index in [4.69, 9.17) is 9.84 Å². The molecule has 8 heteroatoms. The zero-order valence-corrected chi connectivity index (χ0v) is 13.8. The molecule has 24 heavy (non-hydrogen) atoms. The Bertz CT molecular complexity index is 720. The number of carboxylic acids is 1. The molecule has 1 unspecified atom stereocenters. The normalized spacial score (nSPS) is 11.6. The van der Waals surface area contributed by atoms with Crippen LogP contribution in [-0.2, 0) is 16.1 Å². The zero-order chi connectivity index (χ0) is 17.7. The number of ether oxygens (including phenoxy) is 1. The maximum absolute atomic E-state index is 14.0. The van der Waals surface area contributed by atoms with Gasteiger partial charge in [-0.2, -0.15) is 5.12 Å². The van der Waals surface area contributed by atoms with Gasteiger partial charge in [0.2, 0.25) is 0 Å². The van der Waals surface area contributed by atoms with Gasteiger partial charge in [-0.15, -0.1) is 0 Å². The summed E-state index contributed by atoms with van der Waals surface area (Å²) in [5, 5.41) is 18.1. The molecule has 2 aromatic carbocycles. The van der Waals surface area contributed by atoms with E-state index >= 15 is 0 Å². The third-order valence-electron chi connectivity index (χ3n) is 3.01. The Kier molecular flexibility index (Phi) is 5.75. The fourth-order valence-electron chi connectivity index (χ4n) is 1.82. The van der Waals surface area contributed by atoms with Crippen molar-refractivity contribution in [1.82, 2.24) is 5.12 Å². The van der Waals surface area contributed by atoms with Crippen molar-refractivity contribution < 1.29 is 29.0 Å². The number of nitrogens with zero attached hydrogens (tertiary/aromatic N) is 1. The predicted molar refractivity (Wildman–Crippen MR) is 86.0 cm³/mol. The van der Waals surface area contributed by atoms with Gasteiger partial charge in [0.1, 0.15) is 11.5 Å². The first-order valence-corrected chi connectivity index (χ1v) is 7.56. The van der Waals surface area contributed by atoms with Gasteiger partial charge in [-0.3, -0.25) is 4.79 Å². The number of carbonyl (C=O) groups is 2. The lowest BCUT2D eigenvalue weighted by Gasteiger charge is -2.18. The Balaban J connectivity index is 2.08. The first kappa shape index (κ1) is 17.7. The van der Waals surface area contributed by atoms with Crippen molar-refractivity contribution in [1.29, 1.82) is 0 Å². The monoisotopic (exact) mass is 397 g/mol. The van der Waals surface area contributed by atoms with Crippen LogP contribution in [0.3, 0.4) is 0 Å². The van der Waals surface area contributed by atoms with E-state index in [9.17, 15) is 19.2 Å². The van der Waals surface area contributed by atoms with E-state index in [2.05, 4.69) is 15.9 Å². The molecule has 0 aromatic heterocycles. The Hall–Kier alpha value is -2.61. The van der Waals surface area contributed by atoms with Gasteiger partial charge in [0, 0.05) is 4.47 Å². The number of phenolic OH excluding ortho intramolecular Hbond substituents is 1. The van der Waals surface area contributed by atoms with Gasteiger partial charge in [0.25, 0.3) is 6.10 Å². The summed E-state index contributed by atoms with van der Waals surface area (Å²) in [6.45, 7) is -0.408. The Morgan fingerprint density at radius 3 is 2.25 bits per heavy atom. The van der Waals surface area contributed by atoms with Gasteiger partial charge in [-0.05, 0) is 42.0 Å². The highest BCUT2D eigenvalue weighted by atomic mass is 79.9. The minimum Gasteiger partial charge on any atom is -0.508 e. The molecular weight excluding hydrogens is 385 g/mol. The molecule has 0 aliphatic heterocycles.